The highest BCUT2D eigenvalue weighted by molar-refractivity contribution is 5.86. The zero-order valence-corrected chi connectivity index (χ0v) is 21.0. The molecule has 1 aliphatic rings. The van der Waals surface area contributed by atoms with Crippen LogP contribution in [0.5, 0.6) is 11.5 Å². The first-order chi connectivity index (χ1) is 18.2. The second-order valence-corrected chi connectivity index (χ2v) is 8.68. The SMILES string of the molecule is COc1cc([C@@H](Nc2ccc(C#N)cc2)C(=O)NCc2ccccc2)ccc1OCCN1CCOCC1. The summed E-state index contributed by atoms with van der Waals surface area (Å²) in [4.78, 5) is 15.7. The minimum atomic E-state index is -0.687. The molecule has 8 nitrogen and oxygen atoms in total. The fraction of sp³-hybridized carbons (Fsp3) is 0.310. The van der Waals surface area contributed by atoms with Crippen LogP contribution in [0.1, 0.15) is 22.7 Å². The van der Waals surface area contributed by atoms with Gasteiger partial charge >= 0.3 is 0 Å². The largest absolute Gasteiger partial charge is 0.493 e. The Balaban J connectivity index is 1.49. The number of carbonyl (C=O) groups excluding carboxylic acids is 1. The monoisotopic (exact) mass is 500 g/mol. The standard InChI is InChI=1S/C29H32N4O4/c1-35-27-19-24(9-12-26(27)37-18-15-33-13-16-36-17-14-33)28(32-25-10-7-22(20-30)8-11-25)29(34)31-21-23-5-3-2-4-6-23/h2-12,19,28,32H,13-18,21H2,1H3,(H,31,34)/t28-/m1/s1. The zero-order valence-electron chi connectivity index (χ0n) is 21.0. The molecule has 1 atom stereocenters. The van der Waals surface area contributed by atoms with E-state index in [1.54, 1.807) is 31.4 Å². The number of carbonyl (C=O) groups is 1. The molecule has 0 bridgehead atoms. The molecule has 8 heteroatoms. The summed E-state index contributed by atoms with van der Waals surface area (Å²) in [6.45, 7) is 5.04. The number of amides is 1. The lowest BCUT2D eigenvalue weighted by molar-refractivity contribution is -0.122. The highest BCUT2D eigenvalue weighted by atomic mass is 16.5. The first-order valence-corrected chi connectivity index (χ1v) is 12.4. The van der Waals surface area contributed by atoms with E-state index in [1.165, 1.54) is 0 Å². The predicted molar refractivity (Wildman–Crippen MR) is 142 cm³/mol. The third-order valence-corrected chi connectivity index (χ3v) is 6.19. The fourth-order valence-corrected chi connectivity index (χ4v) is 4.09. The van der Waals surface area contributed by atoms with Gasteiger partial charge in [-0.1, -0.05) is 36.4 Å². The lowest BCUT2D eigenvalue weighted by Crippen LogP contribution is -2.38. The van der Waals surface area contributed by atoms with Gasteiger partial charge in [-0.25, -0.2) is 0 Å². The Labute approximate surface area is 217 Å². The van der Waals surface area contributed by atoms with Gasteiger partial charge in [0.05, 0.1) is 32.0 Å². The molecule has 0 spiro atoms. The van der Waals surface area contributed by atoms with Crippen LogP contribution in [0, 0.1) is 11.3 Å². The molecule has 1 heterocycles. The number of methoxy groups -OCH3 is 1. The van der Waals surface area contributed by atoms with Crippen molar-refractivity contribution in [2.45, 2.75) is 12.6 Å². The topological polar surface area (TPSA) is 95.8 Å². The van der Waals surface area contributed by atoms with Gasteiger partial charge in [-0.3, -0.25) is 9.69 Å². The number of hydrogen-bond acceptors (Lipinski definition) is 7. The zero-order chi connectivity index (χ0) is 25.9. The molecular formula is C29H32N4O4. The van der Waals surface area contributed by atoms with Crippen LogP contribution in [0.3, 0.4) is 0 Å². The fourth-order valence-electron chi connectivity index (χ4n) is 4.09. The third-order valence-electron chi connectivity index (χ3n) is 6.19. The van der Waals surface area contributed by atoms with Gasteiger partial charge in [0.2, 0.25) is 5.91 Å². The van der Waals surface area contributed by atoms with Crippen molar-refractivity contribution >= 4 is 11.6 Å². The highest BCUT2D eigenvalue weighted by Crippen LogP contribution is 2.32. The molecule has 1 amide bonds. The molecule has 2 N–H and O–H groups in total. The number of morpholine rings is 1. The molecule has 37 heavy (non-hydrogen) atoms. The van der Waals surface area contributed by atoms with E-state index in [0.717, 1.165) is 49.7 Å². The van der Waals surface area contributed by atoms with Crippen molar-refractivity contribution in [1.82, 2.24) is 10.2 Å². The van der Waals surface area contributed by atoms with Gasteiger partial charge in [0.25, 0.3) is 0 Å². The number of anilines is 1. The summed E-state index contributed by atoms with van der Waals surface area (Å²) >= 11 is 0. The number of rotatable bonds is 11. The van der Waals surface area contributed by atoms with Crippen LogP contribution in [0.25, 0.3) is 0 Å². The molecule has 0 aliphatic carbocycles. The van der Waals surface area contributed by atoms with Crippen molar-refractivity contribution in [3.63, 3.8) is 0 Å². The van der Waals surface area contributed by atoms with Crippen LogP contribution >= 0.6 is 0 Å². The van der Waals surface area contributed by atoms with Crippen molar-refractivity contribution in [3.05, 3.63) is 89.5 Å². The maximum atomic E-state index is 13.4. The number of benzene rings is 3. The van der Waals surface area contributed by atoms with Crippen LogP contribution in [0.2, 0.25) is 0 Å². The number of nitrogens with one attached hydrogen (secondary N) is 2. The first kappa shape index (κ1) is 26.0. The van der Waals surface area contributed by atoms with Crippen molar-refractivity contribution < 1.29 is 19.0 Å². The highest BCUT2D eigenvalue weighted by Gasteiger charge is 2.22. The quantitative estimate of drug-likeness (QED) is 0.414. The molecule has 192 valence electrons. The summed E-state index contributed by atoms with van der Waals surface area (Å²) in [6, 6.07) is 23.7. The minimum Gasteiger partial charge on any atom is -0.493 e. The Bertz CT molecular complexity index is 1190. The van der Waals surface area contributed by atoms with E-state index in [4.69, 9.17) is 19.5 Å². The summed E-state index contributed by atoms with van der Waals surface area (Å²) in [5, 5.41) is 15.4. The molecule has 0 saturated carbocycles. The molecule has 0 unspecified atom stereocenters. The first-order valence-electron chi connectivity index (χ1n) is 12.4. The van der Waals surface area contributed by atoms with Gasteiger partial charge in [0.1, 0.15) is 12.6 Å². The van der Waals surface area contributed by atoms with Gasteiger partial charge in [0, 0.05) is 31.9 Å². The Morgan fingerprint density at radius 1 is 1.05 bits per heavy atom. The van der Waals surface area contributed by atoms with E-state index >= 15 is 0 Å². The molecule has 0 aromatic heterocycles. The van der Waals surface area contributed by atoms with Crippen LogP contribution in [-0.2, 0) is 16.1 Å². The van der Waals surface area contributed by atoms with Gasteiger partial charge < -0.3 is 24.8 Å². The van der Waals surface area contributed by atoms with Crippen LogP contribution in [-0.4, -0.2) is 57.4 Å². The summed E-state index contributed by atoms with van der Waals surface area (Å²) in [6.07, 6.45) is 0. The number of ether oxygens (including phenoxy) is 3. The van der Waals surface area contributed by atoms with Gasteiger partial charge in [-0.15, -0.1) is 0 Å². The lowest BCUT2D eigenvalue weighted by Gasteiger charge is -2.26. The Morgan fingerprint density at radius 3 is 2.51 bits per heavy atom. The van der Waals surface area contributed by atoms with Crippen molar-refractivity contribution in [2.24, 2.45) is 0 Å². The summed E-state index contributed by atoms with van der Waals surface area (Å²) in [7, 11) is 1.59. The Hall–Kier alpha value is -4.06. The molecule has 3 aromatic rings. The van der Waals surface area contributed by atoms with E-state index in [1.807, 2.05) is 48.5 Å². The summed E-state index contributed by atoms with van der Waals surface area (Å²) in [5.41, 5.74) is 3.02. The molecule has 3 aromatic carbocycles. The number of nitrogens with zero attached hydrogens (tertiary/aromatic N) is 2. The van der Waals surface area contributed by atoms with Crippen LogP contribution in [0.4, 0.5) is 5.69 Å². The molecular weight excluding hydrogens is 468 g/mol. The summed E-state index contributed by atoms with van der Waals surface area (Å²) < 4.78 is 17.0. The predicted octanol–water partition coefficient (Wildman–Crippen LogP) is 3.75. The van der Waals surface area contributed by atoms with Crippen LogP contribution < -0.4 is 20.1 Å². The van der Waals surface area contributed by atoms with Crippen molar-refractivity contribution in [2.75, 3.05) is 51.9 Å². The van der Waals surface area contributed by atoms with E-state index in [0.29, 0.717) is 30.2 Å². The third kappa shape index (κ3) is 7.46. The van der Waals surface area contributed by atoms with E-state index in [-0.39, 0.29) is 5.91 Å². The maximum absolute atomic E-state index is 13.4. The van der Waals surface area contributed by atoms with Crippen molar-refractivity contribution in [1.29, 1.82) is 5.26 Å². The van der Waals surface area contributed by atoms with Gasteiger partial charge in [0.15, 0.2) is 11.5 Å². The molecule has 1 fully saturated rings. The molecule has 1 aliphatic heterocycles. The normalized spacial score (nSPS) is 14.3. The van der Waals surface area contributed by atoms with E-state index in [9.17, 15) is 4.79 Å². The lowest BCUT2D eigenvalue weighted by atomic mass is 10.0. The van der Waals surface area contributed by atoms with Crippen molar-refractivity contribution in [3.8, 4) is 17.6 Å². The average Bonchev–Trinajstić information content (AvgIpc) is 2.96. The Kier molecular flexibility index (Phi) is 9.35. The molecule has 0 radical (unpaired) electrons. The second-order valence-electron chi connectivity index (χ2n) is 8.68. The van der Waals surface area contributed by atoms with Crippen LogP contribution in [0.15, 0.2) is 72.8 Å². The maximum Gasteiger partial charge on any atom is 0.247 e. The smallest absolute Gasteiger partial charge is 0.247 e. The number of nitriles is 1. The minimum absolute atomic E-state index is 0.184. The second kappa shape index (κ2) is 13.3. The average molecular weight is 501 g/mol. The Morgan fingerprint density at radius 2 is 1.81 bits per heavy atom. The molecule has 4 rings (SSSR count). The van der Waals surface area contributed by atoms with E-state index in [2.05, 4.69) is 21.6 Å². The summed E-state index contributed by atoms with van der Waals surface area (Å²) in [5.74, 6) is 1.000. The number of hydrogen-bond donors (Lipinski definition) is 2. The van der Waals surface area contributed by atoms with Gasteiger partial charge in [-0.05, 0) is 47.5 Å². The molecule has 1 saturated heterocycles. The van der Waals surface area contributed by atoms with Gasteiger partial charge in [-0.2, -0.15) is 5.26 Å². The van der Waals surface area contributed by atoms with E-state index < -0.39 is 6.04 Å².